The Kier molecular flexibility index (Phi) is 4.63. The highest BCUT2D eigenvalue weighted by Crippen LogP contribution is 2.36. The van der Waals surface area contributed by atoms with Crippen LogP contribution in [0.15, 0.2) is 12.4 Å². The van der Waals surface area contributed by atoms with E-state index in [0.29, 0.717) is 12.2 Å². The Morgan fingerprint density at radius 3 is 2.60 bits per heavy atom. The summed E-state index contributed by atoms with van der Waals surface area (Å²) in [6.07, 6.45) is 8.61. The number of likely N-dealkylation sites (N-methyl/N-ethyl adjacent to an activating group) is 1. The predicted octanol–water partition coefficient (Wildman–Crippen LogP) is 2.53. The van der Waals surface area contributed by atoms with Crippen LogP contribution in [-0.4, -0.2) is 40.1 Å². The van der Waals surface area contributed by atoms with Crippen molar-refractivity contribution in [3.63, 3.8) is 0 Å². The third kappa shape index (κ3) is 2.95. The highest BCUT2D eigenvalue weighted by atomic mass is 16.1. The quantitative estimate of drug-likeness (QED) is 0.830. The Hall–Kier alpha value is -1.16. The van der Waals surface area contributed by atoms with Crippen LogP contribution in [0.5, 0.6) is 0 Å². The van der Waals surface area contributed by atoms with Gasteiger partial charge >= 0.3 is 0 Å². The van der Waals surface area contributed by atoms with Gasteiger partial charge in [-0.1, -0.05) is 6.92 Å². The van der Waals surface area contributed by atoms with E-state index in [1.165, 1.54) is 0 Å². The van der Waals surface area contributed by atoms with Crippen molar-refractivity contribution < 1.29 is 4.79 Å². The summed E-state index contributed by atoms with van der Waals surface area (Å²) in [4.78, 5) is 15.0. The Balaban J connectivity index is 2.11. The highest BCUT2D eigenvalue weighted by molar-refractivity contribution is 5.90. The third-order valence-electron chi connectivity index (χ3n) is 4.85. The first kappa shape index (κ1) is 15.2. The minimum atomic E-state index is -0.263. The zero-order chi connectivity index (χ0) is 14.8. The van der Waals surface area contributed by atoms with Crippen molar-refractivity contribution in [3.8, 4) is 0 Å². The second kappa shape index (κ2) is 6.08. The first-order chi connectivity index (χ1) is 9.48. The molecule has 1 fully saturated rings. The summed E-state index contributed by atoms with van der Waals surface area (Å²) in [6, 6.07) is 0. The molecule has 1 heterocycles. The molecule has 2 rings (SSSR count). The van der Waals surface area contributed by atoms with Gasteiger partial charge < -0.3 is 0 Å². The van der Waals surface area contributed by atoms with Gasteiger partial charge in [-0.15, -0.1) is 0 Å². The number of rotatable bonds is 5. The number of aromatic nitrogens is 2. The lowest BCUT2D eigenvalue weighted by atomic mass is 9.73. The average Bonchev–Trinajstić information content (AvgIpc) is 2.87. The van der Waals surface area contributed by atoms with E-state index in [2.05, 4.69) is 23.8 Å². The number of hydrogen-bond acceptors (Lipinski definition) is 3. The Morgan fingerprint density at radius 2 is 2.10 bits per heavy atom. The van der Waals surface area contributed by atoms with E-state index in [9.17, 15) is 4.79 Å². The lowest BCUT2D eigenvalue weighted by molar-refractivity contribution is -0.131. The SMILES string of the molecule is CCn1cc(CC(=O)C2(N(C)C)CCC(C)CC2)cn1. The molecule has 0 aliphatic heterocycles. The van der Waals surface area contributed by atoms with Gasteiger partial charge in [0.15, 0.2) is 5.78 Å². The zero-order valence-corrected chi connectivity index (χ0v) is 13.2. The van der Waals surface area contributed by atoms with Crippen molar-refractivity contribution in [2.45, 2.75) is 58.0 Å². The summed E-state index contributed by atoms with van der Waals surface area (Å²) in [6.45, 7) is 5.20. The number of carbonyl (C=O) groups is 1. The van der Waals surface area contributed by atoms with Crippen LogP contribution in [-0.2, 0) is 17.8 Å². The molecule has 0 amide bonds. The molecule has 4 nitrogen and oxygen atoms in total. The molecule has 1 aromatic heterocycles. The van der Waals surface area contributed by atoms with Crippen LogP contribution >= 0.6 is 0 Å². The first-order valence-corrected chi connectivity index (χ1v) is 7.70. The fraction of sp³-hybridized carbons (Fsp3) is 0.750. The lowest BCUT2D eigenvalue weighted by Gasteiger charge is -2.43. The first-order valence-electron chi connectivity index (χ1n) is 7.70. The summed E-state index contributed by atoms with van der Waals surface area (Å²) in [5.74, 6) is 1.10. The van der Waals surface area contributed by atoms with Gasteiger partial charge in [0, 0.05) is 19.2 Å². The maximum atomic E-state index is 12.9. The largest absolute Gasteiger partial charge is 0.297 e. The molecule has 1 saturated carbocycles. The summed E-state index contributed by atoms with van der Waals surface area (Å²) in [5.41, 5.74) is 0.776. The zero-order valence-electron chi connectivity index (χ0n) is 13.2. The van der Waals surface area contributed by atoms with E-state index in [4.69, 9.17) is 0 Å². The van der Waals surface area contributed by atoms with Crippen LogP contribution in [0.4, 0.5) is 0 Å². The lowest BCUT2D eigenvalue weighted by Crippen LogP contribution is -2.53. The van der Waals surface area contributed by atoms with Gasteiger partial charge in [0.25, 0.3) is 0 Å². The van der Waals surface area contributed by atoms with E-state index >= 15 is 0 Å². The minimum Gasteiger partial charge on any atom is -0.297 e. The van der Waals surface area contributed by atoms with Crippen LogP contribution in [0.25, 0.3) is 0 Å². The smallest absolute Gasteiger partial charge is 0.157 e. The standard InChI is InChI=1S/C16H27N3O/c1-5-19-12-14(11-17-19)10-15(20)16(18(3)4)8-6-13(2)7-9-16/h11-13H,5-10H2,1-4H3. The Morgan fingerprint density at radius 1 is 1.45 bits per heavy atom. The van der Waals surface area contributed by atoms with Crippen LogP contribution in [0.1, 0.15) is 45.1 Å². The second-order valence-electron chi connectivity index (χ2n) is 6.41. The van der Waals surface area contributed by atoms with Gasteiger partial charge in [0.2, 0.25) is 0 Å². The van der Waals surface area contributed by atoms with E-state index in [0.717, 1.165) is 43.7 Å². The Labute approximate surface area is 122 Å². The summed E-state index contributed by atoms with van der Waals surface area (Å²) in [5, 5.41) is 4.26. The van der Waals surface area contributed by atoms with Gasteiger partial charge in [-0.3, -0.25) is 14.4 Å². The van der Waals surface area contributed by atoms with Crippen LogP contribution in [0.2, 0.25) is 0 Å². The Bertz CT molecular complexity index is 456. The molecule has 1 aromatic rings. The van der Waals surface area contributed by atoms with Gasteiger partial charge in [-0.05, 0) is 58.2 Å². The average molecular weight is 277 g/mol. The van der Waals surface area contributed by atoms with Gasteiger partial charge in [-0.25, -0.2) is 0 Å². The van der Waals surface area contributed by atoms with Gasteiger partial charge in [0.05, 0.1) is 11.7 Å². The monoisotopic (exact) mass is 277 g/mol. The van der Waals surface area contributed by atoms with E-state index in [1.807, 2.05) is 31.2 Å². The number of nitrogens with zero attached hydrogens (tertiary/aromatic N) is 3. The fourth-order valence-electron chi connectivity index (χ4n) is 3.24. The molecule has 0 saturated heterocycles. The highest BCUT2D eigenvalue weighted by Gasteiger charge is 2.42. The molecule has 20 heavy (non-hydrogen) atoms. The number of ketones is 1. The molecular weight excluding hydrogens is 250 g/mol. The number of carbonyl (C=O) groups excluding carboxylic acids is 1. The molecule has 112 valence electrons. The molecule has 0 unspecified atom stereocenters. The molecule has 0 atom stereocenters. The van der Waals surface area contributed by atoms with E-state index in [-0.39, 0.29) is 5.54 Å². The molecule has 0 bridgehead atoms. The number of hydrogen-bond donors (Lipinski definition) is 0. The number of aryl methyl sites for hydroxylation is 1. The molecule has 0 radical (unpaired) electrons. The molecule has 1 aliphatic carbocycles. The maximum absolute atomic E-state index is 12.9. The predicted molar refractivity (Wildman–Crippen MR) is 80.7 cm³/mol. The van der Waals surface area contributed by atoms with Gasteiger partial charge in [-0.2, -0.15) is 5.10 Å². The molecule has 4 heteroatoms. The van der Waals surface area contributed by atoms with Crippen molar-refractivity contribution in [1.29, 1.82) is 0 Å². The summed E-state index contributed by atoms with van der Waals surface area (Å²) < 4.78 is 1.88. The molecule has 0 spiro atoms. The molecule has 1 aliphatic rings. The second-order valence-corrected chi connectivity index (χ2v) is 6.41. The van der Waals surface area contributed by atoms with Crippen molar-refractivity contribution in [3.05, 3.63) is 18.0 Å². The van der Waals surface area contributed by atoms with Crippen molar-refractivity contribution in [2.24, 2.45) is 5.92 Å². The minimum absolute atomic E-state index is 0.263. The maximum Gasteiger partial charge on any atom is 0.157 e. The van der Waals surface area contributed by atoms with E-state index < -0.39 is 0 Å². The van der Waals surface area contributed by atoms with Gasteiger partial charge in [0.1, 0.15) is 0 Å². The van der Waals surface area contributed by atoms with Crippen LogP contribution in [0.3, 0.4) is 0 Å². The normalized spacial score (nSPS) is 26.9. The van der Waals surface area contributed by atoms with Crippen molar-refractivity contribution >= 4 is 5.78 Å². The summed E-state index contributed by atoms with van der Waals surface area (Å²) in [7, 11) is 4.09. The summed E-state index contributed by atoms with van der Waals surface area (Å²) >= 11 is 0. The van der Waals surface area contributed by atoms with Crippen LogP contribution in [0, 0.1) is 5.92 Å². The fourth-order valence-corrected chi connectivity index (χ4v) is 3.24. The van der Waals surface area contributed by atoms with Crippen molar-refractivity contribution in [1.82, 2.24) is 14.7 Å². The van der Waals surface area contributed by atoms with Crippen LogP contribution < -0.4 is 0 Å². The molecule has 0 aromatic carbocycles. The third-order valence-corrected chi connectivity index (χ3v) is 4.85. The number of Topliss-reactive ketones (excluding diaryl/α,β-unsaturated/α-hetero) is 1. The van der Waals surface area contributed by atoms with Crippen molar-refractivity contribution in [2.75, 3.05) is 14.1 Å². The van der Waals surface area contributed by atoms with E-state index in [1.54, 1.807) is 0 Å². The molecular formula is C16H27N3O. The topological polar surface area (TPSA) is 38.1 Å². The molecule has 0 N–H and O–H groups in total.